The van der Waals surface area contributed by atoms with Crippen molar-refractivity contribution in [1.29, 1.82) is 0 Å². The van der Waals surface area contributed by atoms with Crippen LogP contribution in [-0.2, 0) is 6.54 Å². The molecule has 0 bridgehead atoms. The standard InChI is InChI=1S/C16H12BrClN2/c17-13-4-5-15(18)12(8-13)10-20-16-3-1-2-11-9-19-7-6-14(11)16/h1-9,20H,10H2. The average Bonchev–Trinajstić information content (AvgIpc) is 2.48. The van der Waals surface area contributed by atoms with Crippen LogP contribution in [0.5, 0.6) is 0 Å². The molecule has 0 spiro atoms. The molecule has 1 N–H and O–H groups in total. The van der Waals surface area contributed by atoms with Gasteiger partial charge in [-0.3, -0.25) is 4.98 Å². The van der Waals surface area contributed by atoms with Gasteiger partial charge in [-0.15, -0.1) is 0 Å². The molecule has 0 fully saturated rings. The fourth-order valence-electron chi connectivity index (χ4n) is 2.15. The van der Waals surface area contributed by atoms with Crippen LogP contribution in [0.15, 0.2) is 59.3 Å². The van der Waals surface area contributed by atoms with Crippen LogP contribution >= 0.6 is 27.5 Å². The first kappa shape index (κ1) is 13.4. The van der Waals surface area contributed by atoms with Crippen molar-refractivity contribution in [2.75, 3.05) is 5.32 Å². The maximum Gasteiger partial charge on any atom is 0.0456 e. The lowest BCUT2D eigenvalue weighted by Gasteiger charge is -2.11. The molecule has 1 aromatic heterocycles. The molecule has 100 valence electrons. The highest BCUT2D eigenvalue weighted by Gasteiger charge is 2.03. The molecule has 2 nitrogen and oxygen atoms in total. The number of fused-ring (bicyclic) bond motifs is 1. The maximum atomic E-state index is 6.21. The van der Waals surface area contributed by atoms with Gasteiger partial charge in [0.2, 0.25) is 0 Å². The largest absolute Gasteiger partial charge is 0.380 e. The molecule has 3 rings (SSSR count). The first-order chi connectivity index (χ1) is 9.74. The molecule has 0 saturated heterocycles. The Morgan fingerprint density at radius 1 is 1.15 bits per heavy atom. The van der Waals surface area contributed by atoms with Gasteiger partial charge in [0.1, 0.15) is 0 Å². The number of anilines is 1. The quantitative estimate of drug-likeness (QED) is 0.699. The number of halogens is 2. The van der Waals surface area contributed by atoms with Crippen molar-refractivity contribution < 1.29 is 0 Å². The molecule has 0 aliphatic rings. The van der Waals surface area contributed by atoms with Crippen LogP contribution in [0.4, 0.5) is 5.69 Å². The molecule has 0 aliphatic carbocycles. The summed E-state index contributed by atoms with van der Waals surface area (Å²) in [5, 5.41) is 6.49. The predicted molar refractivity (Wildman–Crippen MR) is 88.2 cm³/mol. The van der Waals surface area contributed by atoms with E-state index in [1.165, 1.54) is 0 Å². The van der Waals surface area contributed by atoms with Crippen molar-refractivity contribution in [3.63, 3.8) is 0 Å². The van der Waals surface area contributed by atoms with E-state index in [0.717, 1.165) is 31.5 Å². The van der Waals surface area contributed by atoms with Crippen LogP contribution in [0.2, 0.25) is 5.02 Å². The minimum atomic E-state index is 0.680. The van der Waals surface area contributed by atoms with Crippen molar-refractivity contribution in [1.82, 2.24) is 4.98 Å². The van der Waals surface area contributed by atoms with Crippen LogP contribution in [0, 0.1) is 0 Å². The molecule has 2 aromatic carbocycles. The van der Waals surface area contributed by atoms with Gasteiger partial charge in [-0.05, 0) is 35.9 Å². The van der Waals surface area contributed by atoms with E-state index in [-0.39, 0.29) is 0 Å². The molecule has 4 heteroatoms. The zero-order valence-corrected chi connectivity index (χ0v) is 12.9. The number of aromatic nitrogens is 1. The summed E-state index contributed by atoms with van der Waals surface area (Å²) in [5.41, 5.74) is 2.15. The van der Waals surface area contributed by atoms with Gasteiger partial charge in [0, 0.05) is 44.9 Å². The van der Waals surface area contributed by atoms with E-state index in [0.29, 0.717) is 6.54 Å². The van der Waals surface area contributed by atoms with Crippen LogP contribution in [-0.4, -0.2) is 4.98 Å². The van der Waals surface area contributed by atoms with Gasteiger partial charge in [-0.2, -0.15) is 0 Å². The minimum absolute atomic E-state index is 0.680. The highest BCUT2D eigenvalue weighted by atomic mass is 79.9. The number of hydrogen-bond donors (Lipinski definition) is 1. The number of rotatable bonds is 3. The maximum absolute atomic E-state index is 6.21. The highest BCUT2D eigenvalue weighted by Crippen LogP contribution is 2.25. The molecule has 20 heavy (non-hydrogen) atoms. The summed E-state index contributed by atoms with van der Waals surface area (Å²) in [5.74, 6) is 0. The number of hydrogen-bond acceptors (Lipinski definition) is 2. The molecular weight excluding hydrogens is 336 g/mol. The highest BCUT2D eigenvalue weighted by molar-refractivity contribution is 9.10. The van der Waals surface area contributed by atoms with Crippen LogP contribution < -0.4 is 5.32 Å². The van der Waals surface area contributed by atoms with Crippen molar-refractivity contribution >= 4 is 44.0 Å². The third-order valence-corrected chi connectivity index (χ3v) is 4.02. The van der Waals surface area contributed by atoms with E-state index in [1.54, 1.807) is 6.20 Å². The average molecular weight is 348 g/mol. The molecule has 0 unspecified atom stereocenters. The first-order valence-electron chi connectivity index (χ1n) is 6.24. The van der Waals surface area contributed by atoms with Gasteiger partial charge in [-0.1, -0.05) is 39.7 Å². The van der Waals surface area contributed by atoms with Gasteiger partial charge in [-0.25, -0.2) is 0 Å². The minimum Gasteiger partial charge on any atom is -0.380 e. The Balaban J connectivity index is 1.89. The summed E-state index contributed by atoms with van der Waals surface area (Å²) in [7, 11) is 0. The van der Waals surface area contributed by atoms with Crippen molar-refractivity contribution in [2.45, 2.75) is 6.54 Å². The summed E-state index contributed by atoms with van der Waals surface area (Å²) >= 11 is 9.68. The number of nitrogens with zero attached hydrogens (tertiary/aromatic N) is 1. The fraction of sp³-hybridized carbons (Fsp3) is 0.0625. The van der Waals surface area contributed by atoms with E-state index in [2.05, 4.69) is 38.4 Å². The third-order valence-electron chi connectivity index (χ3n) is 3.16. The van der Waals surface area contributed by atoms with E-state index in [1.807, 2.05) is 36.5 Å². The molecule has 0 saturated carbocycles. The van der Waals surface area contributed by atoms with Gasteiger partial charge in [0.15, 0.2) is 0 Å². The second kappa shape index (κ2) is 5.81. The smallest absolute Gasteiger partial charge is 0.0456 e. The van der Waals surface area contributed by atoms with Gasteiger partial charge >= 0.3 is 0 Å². The fourth-order valence-corrected chi connectivity index (χ4v) is 2.74. The second-order valence-electron chi connectivity index (χ2n) is 4.49. The molecule has 0 atom stereocenters. The van der Waals surface area contributed by atoms with Crippen LogP contribution in [0.25, 0.3) is 10.8 Å². The Morgan fingerprint density at radius 3 is 2.95 bits per heavy atom. The first-order valence-corrected chi connectivity index (χ1v) is 7.42. The van der Waals surface area contributed by atoms with Gasteiger partial charge in [0.25, 0.3) is 0 Å². The molecular formula is C16H12BrClN2. The Labute approximate surface area is 130 Å². The summed E-state index contributed by atoms with van der Waals surface area (Å²) in [4.78, 5) is 4.14. The summed E-state index contributed by atoms with van der Waals surface area (Å²) in [6, 6.07) is 14.0. The molecule has 0 radical (unpaired) electrons. The Bertz CT molecular complexity index is 753. The summed E-state index contributed by atoms with van der Waals surface area (Å²) in [6.07, 6.45) is 3.67. The van der Waals surface area contributed by atoms with Gasteiger partial charge < -0.3 is 5.32 Å². The Hall–Kier alpha value is -1.58. The summed E-state index contributed by atoms with van der Waals surface area (Å²) in [6.45, 7) is 0.680. The molecule has 0 amide bonds. The molecule has 3 aromatic rings. The van der Waals surface area contributed by atoms with Crippen LogP contribution in [0.3, 0.4) is 0 Å². The topological polar surface area (TPSA) is 24.9 Å². The molecule has 1 heterocycles. The zero-order chi connectivity index (χ0) is 13.9. The van der Waals surface area contributed by atoms with E-state index in [9.17, 15) is 0 Å². The lowest BCUT2D eigenvalue weighted by Crippen LogP contribution is -2.00. The second-order valence-corrected chi connectivity index (χ2v) is 5.81. The SMILES string of the molecule is Clc1ccc(Br)cc1CNc1cccc2cnccc12. The van der Waals surface area contributed by atoms with Crippen LogP contribution in [0.1, 0.15) is 5.56 Å². The lowest BCUT2D eigenvalue weighted by molar-refractivity contribution is 1.15. The monoisotopic (exact) mass is 346 g/mol. The lowest BCUT2D eigenvalue weighted by atomic mass is 10.1. The van der Waals surface area contributed by atoms with Crippen molar-refractivity contribution in [3.05, 3.63) is 69.9 Å². The van der Waals surface area contributed by atoms with Gasteiger partial charge in [0.05, 0.1) is 0 Å². The Morgan fingerprint density at radius 2 is 2.05 bits per heavy atom. The summed E-state index contributed by atoms with van der Waals surface area (Å²) < 4.78 is 1.03. The normalized spacial score (nSPS) is 10.7. The molecule has 0 aliphatic heterocycles. The number of pyridine rings is 1. The number of benzene rings is 2. The van der Waals surface area contributed by atoms with E-state index in [4.69, 9.17) is 11.6 Å². The van der Waals surface area contributed by atoms with Crippen molar-refractivity contribution in [3.8, 4) is 0 Å². The number of nitrogens with one attached hydrogen (secondary N) is 1. The Kier molecular flexibility index (Phi) is 3.90. The van der Waals surface area contributed by atoms with E-state index < -0.39 is 0 Å². The van der Waals surface area contributed by atoms with E-state index >= 15 is 0 Å². The third kappa shape index (κ3) is 2.79. The zero-order valence-electron chi connectivity index (χ0n) is 10.6. The predicted octanol–water partition coefficient (Wildman–Crippen LogP) is 5.26. The van der Waals surface area contributed by atoms with Crippen molar-refractivity contribution in [2.24, 2.45) is 0 Å².